The van der Waals surface area contributed by atoms with Crippen LogP contribution in [-0.2, 0) is 9.16 Å². The van der Waals surface area contributed by atoms with E-state index >= 15 is 0 Å². The summed E-state index contributed by atoms with van der Waals surface area (Å²) in [4.78, 5) is 0. The average molecular weight is 356 g/mol. The lowest BCUT2D eigenvalue weighted by Gasteiger charge is -2.43. The monoisotopic (exact) mass is 355 g/mol. The topological polar surface area (TPSA) is 44.5 Å². The predicted molar refractivity (Wildman–Crippen MR) is 106 cm³/mol. The molecule has 2 N–H and O–H groups in total. The van der Waals surface area contributed by atoms with Crippen molar-refractivity contribution in [3.8, 4) is 0 Å². The third-order valence-electron chi connectivity index (χ3n) is 5.01. The van der Waals surface area contributed by atoms with E-state index in [2.05, 4.69) is 81.4 Å². The minimum Gasteiger partial charge on any atom is -0.405 e. The molecule has 2 unspecified atom stereocenters. The summed E-state index contributed by atoms with van der Waals surface area (Å²) in [5.41, 5.74) is 6.00. The van der Waals surface area contributed by atoms with Gasteiger partial charge in [0.2, 0.25) is 0 Å². The van der Waals surface area contributed by atoms with Crippen LogP contribution in [0.3, 0.4) is 0 Å². The van der Waals surface area contributed by atoms with E-state index in [4.69, 9.17) is 14.9 Å². The van der Waals surface area contributed by atoms with Crippen molar-refractivity contribution < 1.29 is 9.16 Å². The first-order valence-corrected chi connectivity index (χ1v) is 11.0. The fraction of sp³-hybridized carbons (Fsp3) is 0.429. The summed E-state index contributed by atoms with van der Waals surface area (Å²) in [7, 11) is -2.46. The number of hydrogen-bond acceptors (Lipinski definition) is 3. The fourth-order valence-electron chi connectivity index (χ4n) is 3.83. The van der Waals surface area contributed by atoms with Crippen molar-refractivity contribution in [1.29, 1.82) is 0 Å². The van der Waals surface area contributed by atoms with Gasteiger partial charge in [0.05, 0.1) is 19.3 Å². The van der Waals surface area contributed by atoms with Crippen molar-refractivity contribution in [2.75, 3.05) is 13.2 Å². The summed E-state index contributed by atoms with van der Waals surface area (Å²) < 4.78 is 12.7. The highest BCUT2D eigenvalue weighted by molar-refractivity contribution is 6.99. The quantitative estimate of drug-likeness (QED) is 0.839. The Labute approximate surface area is 152 Å². The Hall–Kier alpha value is -1.46. The van der Waals surface area contributed by atoms with Gasteiger partial charge in [-0.15, -0.1) is 0 Å². The number of hydrogen-bond donors (Lipinski definition) is 1. The van der Waals surface area contributed by atoms with E-state index in [1.54, 1.807) is 0 Å². The van der Waals surface area contributed by atoms with Gasteiger partial charge < -0.3 is 14.9 Å². The van der Waals surface area contributed by atoms with Crippen LogP contribution in [0.5, 0.6) is 0 Å². The van der Waals surface area contributed by atoms with E-state index in [-0.39, 0.29) is 17.2 Å². The molecule has 3 nitrogen and oxygen atoms in total. The number of rotatable bonds is 5. The normalized spacial score (nSPS) is 21.4. The highest BCUT2D eigenvalue weighted by Crippen LogP contribution is 2.37. The summed E-state index contributed by atoms with van der Waals surface area (Å²) in [6.07, 6.45) is 0.967. The summed E-state index contributed by atoms with van der Waals surface area (Å²) in [5, 5.41) is 2.60. The SMILES string of the molecule is CC(C)(C)[Si](OCC1CC(N)CO1)(c1ccccc1)c1ccccc1. The first kappa shape index (κ1) is 18.3. The maximum atomic E-state index is 6.86. The maximum Gasteiger partial charge on any atom is 0.261 e. The van der Waals surface area contributed by atoms with Gasteiger partial charge in [0.25, 0.3) is 8.32 Å². The minimum absolute atomic E-state index is 0.00354. The minimum atomic E-state index is -2.46. The Bertz CT molecular complexity index is 630. The molecule has 0 amide bonds. The van der Waals surface area contributed by atoms with Gasteiger partial charge in [-0.2, -0.15) is 0 Å². The molecule has 25 heavy (non-hydrogen) atoms. The van der Waals surface area contributed by atoms with Crippen LogP contribution in [0.2, 0.25) is 5.04 Å². The smallest absolute Gasteiger partial charge is 0.261 e. The molecule has 134 valence electrons. The van der Waals surface area contributed by atoms with Crippen LogP contribution in [-0.4, -0.2) is 33.7 Å². The molecule has 1 heterocycles. The Morgan fingerprint density at radius 1 is 1.00 bits per heavy atom. The highest BCUT2D eigenvalue weighted by Gasteiger charge is 2.50. The van der Waals surface area contributed by atoms with Gasteiger partial charge in [0.1, 0.15) is 0 Å². The summed E-state index contributed by atoms with van der Waals surface area (Å²) in [5.74, 6) is 0. The molecule has 0 spiro atoms. The number of ether oxygens (including phenoxy) is 1. The van der Waals surface area contributed by atoms with E-state index in [0.717, 1.165) is 6.42 Å². The van der Waals surface area contributed by atoms with Gasteiger partial charge in [0.15, 0.2) is 0 Å². The largest absolute Gasteiger partial charge is 0.405 e. The molecule has 0 aliphatic carbocycles. The van der Waals surface area contributed by atoms with E-state index < -0.39 is 8.32 Å². The van der Waals surface area contributed by atoms with Gasteiger partial charge in [-0.25, -0.2) is 0 Å². The Morgan fingerprint density at radius 2 is 1.52 bits per heavy atom. The molecule has 4 heteroatoms. The van der Waals surface area contributed by atoms with Crippen molar-refractivity contribution in [2.45, 2.75) is 44.4 Å². The zero-order valence-electron chi connectivity index (χ0n) is 15.4. The van der Waals surface area contributed by atoms with E-state index in [9.17, 15) is 0 Å². The van der Waals surface area contributed by atoms with Crippen LogP contribution >= 0.6 is 0 Å². The number of benzene rings is 2. The van der Waals surface area contributed by atoms with Gasteiger partial charge in [-0.1, -0.05) is 81.4 Å². The molecule has 2 atom stereocenters. The molecule has 3 rings (SSSR count). The highest BCUT2D eigenvalue weighted by atomic mass is 28.4. The lowest BCUT2D eigenvalue weighted by Crippen LogP contribution is -2.67. The summed E-state index contributed by atoms with van der Waals surface area (Å²) >= 11 is 0. The first-order valence-electron chi connectivity index (χ1n) is 9.05. The van der Waals surface area contributed by atoms with Crippen LogP contribution in [0.1, 0.15) is 27.2 Å². The van der Waals surface area contributed by atoms with Crippen molar-refractivity contribution in [3.63, 3.8) is 0 Å². The van der Waals surface area contributed by atoms with Gasteiger partial charge in [-0.3, -0.25) is 0 Å². The number of nitrogens with two attached hydrogens (primary N) is 1. The molecule has 2 aromatic rings. The van der Waals surface area contributed by atoms with Gasteiger partial charge >= 0.3 is 0 Å². The van der Waals surface area contributed by atoms with Crippen molar-refractivity contribution in [3.05, 3.63) is 60.7 Å². The molecule has 1 aliphatic rings. The first-order chi connectivity index (χ1) is 11.9. The third-order valence-corrected chi connectivity index (χ3v) is 10.0. The molecule has 1 fully saturated rings. The molecule has 0 radical (unpaired) electrons. The molecular weight excluding hydrogens is 326 g/mol. The summed E-state index contributed by atoms with van der Waals surface area (Å²) in [6.45, 7) is 8.11. The standard InChI is InChI=1S/C21H29NO2Si/c1-21(2,3)25(19-10-6-4-7-11-19,20-12-8-5-9-13-20)24-16-18-14-17(22)15-23-18/h4-13,17-18H,14-16,22H2,1-3H3. The molecule has 0 aromatic heterocycles. The lowest BCUT2D eigenvalue weighted by molar-refractivity contribution is 0.0639. The second-order valence-corrected chi connectivity index (χ2v) is 12.2. The maximum absolute atomic E-state index is 6.86. The molecule has 0 bridgehead atoms. The Balaban J connectivity index is 2.02. The fourth-order valence-corrected chi connectivity index (χ4v) is 8.42. The zero-order chi connectivity index (χ0) is 17.9. The molecule has 0 saturated carbocycles. The van der Waals surface area contributed by atoms with Crippen LogP contribution in [0, 0.1) is 0 Å². The van der Waals surface area contributed by atoms with Gasteiger partial charge in [0, 0.05) is 6.04 Å². The van der Waals surface area contributed by atoms with Gasteiger partial charge in [-0.05, 0) is 21.8 Å². The van der Waals surface area contributed by atoms with Crippen LogP contribution in [0.4, 0.5) is 0 Å². The predicted octanol–water partition coefficient (Wildman–Crippen LogP) is 2.68. The van der Waals surface area contributed by atoms with E-state index in [1.807, 2.05) is 0 Å². The van der Waals surface area contributed by atoms with Crippen molar-refractivity contribution in [2.24, 2.45) is 5.73 Å². The molecule has 1 saturated heterocycles. The van der Waals surface area contributed by atoms with Crippen LogP contribution in [0.25, 0.3) is 0 Å². The van der Waals surface area contributed by atoms with Crippen molar-refractivity contribution in [1.82, 2.24) is 0 Å². The summed E-state index contributed by atoms with van der Waals surface area (Å²) in [6, 6.07) is 21.6. The molecular formula is C21H29NO2Si. The van der Waals surface area contributed by atoms with Crippen molar-refractivity contribution >= 4 is 18.7 Å². The van der Waals surface area contributed by atoms with E-state index in [0.29, 0.717) is 13.2 Å². The zero-order valence-corrected chi connectivity index (χ0v) is 16.4. The second-order valence-electron chi connectivity index (χ2n) is 7.93. The average Bonchev–Trinajstić information content (AvgIpc) is 3.02. The lowest BCUT2D eigenvalue weighted by atomic mass is 10.2. The van der Waals surface area contributed by atoms with Crippen LogP contribution < -0.4 is 16.1 Å². The van der Waals surface area contributed by atoms with Crippen LogP contribution in [0.15, 0.2) is 60.7 Å². The van der Waals surface area contributed by atoms with E-state index in [1.165, 1.54) is 10.4 Å². The second kappa shape index (κ2) is 7.42. The Kier molecular flexibility index (Phi) is 5.44. The molecule has 1 aliphatic heterocycles. The third kappa shape index (κ3) is 3.72. The molecule has 2 aromatic carbocycles. The Morgan fingerprint density at radius 3 is 1.92 bits per heavy atom.